The highest BCUT2D eigenvalue weighted by Crippen LogP contribution is 2.25. The van der Waals surface area contributed by atoms with Gasteiger partial charge in [0.1, 0.15) is 16.5 Å². The lowest BCUT2D eigenvalue weighted by Crippen LogP contribution is -2.29. The maximum Gasteiger partial charge on any atom is 0.217 e. The van der Waals surface area contributed by atoms with Crippen molar-refractivity contribution >= 4 is 15.9 Å². The smallest absolute Gasteiger partial charge is 0.217 e. The normalized spacial score (nSPS) is 23.3. The van der Waals surface area contributed by atoms with Crippen LogP contribution in [0.4, 0.5) is 0 Å². The first-order valence-corrected chi connectivity index (χ1v) is 7.73. The molecule has 4 nitrogen and oxygen atoms in total. The molecular formula is C14H21BrN2O2. The van der Waals surface area contributed by atoms with Crippen LogP contribution in [-0.4, -0.2) is 29.3 Å². The predicted octanol–water partition coefficient (Wildman–Crippen LogP) is 3.53. The molecule has 0 amide bonds. The molecule has 0 spiro atoms. The largest absolute Gasteiger partial charge is 0.474 e. The first-order chi connectivity index (χ1) is 9.21. The molecule has 0 aliphatic heterocycles. The Labute approximate surface area is 123 Å². The van der Waals surface area contributed by atoms with Crippen LogP contribution in [-0.2, 0) is 11.2 Å². The summed E-state index contributed by atoms with van der Waals surface area (Å²) in [6, 6.07) is 1.84. The van der Waals surface area contributed by atoms with E-state index in [0.717, 1.165) is 49.0 Å². The van der Waals surface area contributed by atoms with Crippen molar-refractivity contribution < 1.29 is 9.47 Å². The van der Waals surface area contributed by atoms with E-state index in [4.69, 9.17) is 9.47 Å². The lowest BCUT2D eigenvalue weighted by atomic mass is 9.95. The molecule has 0 saturated heterocycles. The fourth-order valence-electron chi connectivity index (χ4n) is 2.43. The SMILES string of the molecule is CCCc1nc(Br)cc(OC2CCCC(OC)C2)n1. The van der Waals surface area contributed by atoms with Gasteiger partial charge in [-0.2, -0.15) is 4.98 Å². The fraction of sp³-hybridized carbons (Fsp3) is 0.714. The van der Waals surface area contributed by atoms with Gasteiger partial charge in [-0.15, -0.1) is 0 Å². The molecule has 1 heterocycles. The van der Waals surface area contributed by atoms with Crippen LogP contribution in [0.1, 0.15) is 44.9 Å². The predicted molar refractivity (Wildman–Crippen MR) is 77.4 cm³/mol. The van der Waals surface area contributed by atoms with Gasteiger partial charge < -0.3 is 9.47 Å². The van der Waals surface area contributed by atoms with Gasteiger partial charge in [0.05, 0.1) is 6.10 Å². The van der Waals surface area contributed by atoms with Gasteiger partial charge >= 0.3 is 0 Å². The van der Waals surface area contributed by atoms with Crippen molar-refractivity contribution in [3.8, 4) is 5.88 Å². The molecule has 106 valence electrons. The Hall–Kier alpha value is -0.680. The van der Waals surface area contributed by atoms with Crippen molar-refractivity contribution in [1.29, 1.82) is 0 Å². The summed E-state index contributed by atoms with van der Waals surface area (Å²) >= 11 is 3.42. The van der Waals surface area contributed by atoms with Crippen molar-refractivity contribution in [2.24, 2.45) is 0 Å². The highest BCUT2D eigenvalue weighted by molar-refractivity contribution is 9.10. The Bertz CT molecular complexity index is 414. The third-order valence-electron chi connectivity index (χ3n) is 3.39. The number of nitrogens with zero attached hydrogens (tertiary/aromatic N) is 2. The van der Waals surface area contributed by atoms with Gasteiger partial charge in [0.2, 0.25) is 5.88 Å². The Balaban J connectivity index is 2.01. The zero-order valence-electron chi connectivity index (χ0n) is 11.6. The summed E-state index contributed by atoms with van der Waals surface area (Å²) < 4.78 is 12.2. The molecule has 2 unspecified atom stereocenters. The maximum absolute atomic E-state index is 5.99. The lowest BCUT2D eigenvalue weighted by Gasteiger charge is -2.28. The van der Waals surface area contributed by atoms with Crippen molar-refractivity contribution in [2.45, 2.75) is 57.7 Å². The Kier molecular flexibility index (Phi) is 5.58. The third kappa shape index (κ3) is 4.42. The quantitative estimate of drug-likeness (QED) is 0.775. The molecule has 1 aliphatic rings. The number of rotatable bonds is 5. The van der Waals surface area contributed by atoms with E-state index in [1.807, 2.05) is 6.07 Å². The van der Waals surface area contributed by atoms with Crippen LogP contribution in [0, 0.1) is 0 Å². The summed E-state index contributed by atoms with van der Waals surface area (Å²) in [7, 11) is 1.77. The van der Waals surface area contributed by atoms with Crippen LogP contribution in [0.5, 0.6) is 5.88 Å². The lowest BCUT2D eigenvalue weighted by molar-refractivity contribution is 0.0194. The number of halogens is 1. The van der Waals surface area contributed by atoms with Crippen LogP contribution in [0.25, 0.3) is 0 Å². The highest BCUT2D eigenvalue weighted by Gasteiger charge is 2.23. The third-order valence-corrected chi connectivity index (χ3v) is 3.80. The minimum absolute atomic E-state index is 0.204. The Morgan fingerprint density at radius 2 is 2.11 bits per heavy atom. The van der Waals surface area contributed by atoms with E-state index >= 15 is 0 Å². The van der Waals surface area contributed by atoms with Gasteiger partial charge in [0.25, 0.3) is 0 Å². The minimum atomic E-state index is 0.204. The zero-order valence-corrected chi connectivity index (χ0v) is 13.1. The van der Waals surface area contributed by atoms with Gasteiger partial charge in [-0.3, -0.25) is 0 Å². The van der Waals surface area contributed by atoms with Crippen molar-refractivity contribution in [2.75, 3.05) is 7.11 Å². The summed E-state index contributed by atoms with van der Waals surface area (Å²) in [5.41, 5.74) is 0. The van der Waals surface area contributed by atoms with Crippen LogP contribution in [0.2, 0.25) is 0 Å². The number of hydrogen-bond donors (Lipinski definition) is 0. The van der Waals surface area contributed by atoms with Gasteiger partial charge in [-0.25, -0.2) is 4.98 Å². The molecule has 0 aromatic carbocycles. The fourth-order valence-corrected chi connectivity index (χ4v) is 2.83. The van der Waals surface area contributed by atoms with Crippen LogP contribution >= 0.6 is 15.9 Å². The summed E-state index contributed by atoms with van der Waals surface area (Å²) in [5.74, 6) is 1.51. The molecule has 2 atom stereocenters. The van der Waals surface area contributed by atoms with Gasteiger partial charge in [0, 0.05) is 26.0 Å². The van der Waals surface area contributed by atoms with Gasteiger partial charge in [0.15, 0.2) is 0 Å². The average Bonchev–Trinajstić information content (AvgIpc) is 2.38. The van der Waals surface area contributed by atoms with E-state index in [1.54, 1.807) is 7.11 Å². The number of methoxy groups -OCH3 is 1. The molecule has 0 bridgehead atoms. The Morgan fingerprint density at radius 1 is 1.32 bits per heavy atom. The van der Waals surface area contributed by atoms with E-state index in [1.165, 1.54) is 0 Å². The van der Waals surface area contributed by atoms with E-state index in [0.29, 0.717) is 12.0 Å². The molecule has 0 N–H and O–H groups in total. The average molecular weight is 329 g/mol. The van der Waals surface area contributed by atoms with E-state index < -0.39 is 0 Å². The number of aryl methyl sites for hydroxylation is 1. The molecule has 1 aromatic rings. The van der Waals surface area contributed by atoms with Crippen LogP contribution in [0.3, 0.4) is 0 Å². The summed E-state index contributed by atoms with van der Waals surface area (Å²) in [4.78, 5) is 8.81. The standard InChI is InChI=1S/C14H21BrN2O2/c1-3-5-13-16-12(15)9-14(17-13)19-11-7-4-6-10(8-11)18-2/h9-11H,3-8H2,1-2H3. The van der Waals surface area contributed by atoms with Crippen molar-refractivity contribution in [3.63, 3.8) is 0 Å². The number of aromatic nitrogens is 2. The summed E-state index contributed by atoms with van der Waals surface area (Å²) in [6.07, 6.45) is 6.73. The maximum atomic E-state index is 5.99. The molecule has 1 saturated carbocycles. The zero-order chi connectivity index (χ0) is 13.7. The van der Waals surface area contributed by atoms with E-state index in [9.17, 15) is 0 Å². The monoisotopic (exact) mass is 328 g/mol. The molecule has 1 fully saturated rings. The topological polar surface area (TPSA) is 44.2 Å². The first kappa shape index (κ1) is 14.7. The van der Waals surface area contributed by atoms with Crippen LogP contribution in [0.15, 0.2) is 10.7 Å². The van der Waals surface area contributed by atoms with Crippen molar-refractivity contribution in [3.05, 3.63) is 16.5 Å². The molecule has 1 aliphatic carbocycles. The highest BCUT2D eigenvalue weighted by atomic mass is 79.9. The molecule has 0 radical (unpaired) electrons. The summed E-state index contributed by atoms with van der Waals surface area (Å²) in [5, 5.41) is 0. The van der Waals surface area contributed by atoms with Crippen LogP contribution < -0.4 is 4.74 Å². The van der Waals surface area contributed by atoms with Gasteiger partial charge in [-0.1, -0.05) is 6.92 Å². The second-order valence-corrected chi connectivity index (χ2v) is 5.77. The molecule has 19 heavy (non-hydrogen) atoms. The molecule has 5 heteroatoms. The van der Waals surface area contributed by atoms with E-state index in [2.05, 4.69) is 32.8 Å². The second kappa shape index (κ2) is 7.20. The first-order valence-electron chi connectivity index (χ1n) is 6.94. The van der Waals surface area contributed by atoms with E-state index in [-0.39, 0.29) is 6.10 Å². The number of ether oxygens (including phenoxy) is 2. The Morgan fingerprint density at radius 3 is 2.84 bits per heavy atom. The number of hydrogen-bond acceptors (Lipinski definition) is 4. The summed E-state index contributed by atoms with van der Waals surface area (Å²) in [6.45, 7) is 2.12. The minimum Gasteiger partial charge on any atom is -0.474 e. The van der Waals surface area contributed by atoms with Crippen molar-refractivity contribution in [1.82, 2.24) is 9.97 Å². The molecule has 2 rings (SSSR count). The molecular weight excluding hydrogens is 308 g/mol. The second-order valence-electron chi connectivity index (χ2n) is 4.96. The van der Waals surface area contributed by atoms with Gasteiger partial charge in [-0.05, 0) is 41.6 Å². The molecule has 1 aromatic heterocycles.